The zero-order chi connectivity index (χ0) is 14.9. The van der Waals surface area contributed by atoms with Crippen LogP contribution in [0.4, 0.5) is 0 Å². The molecule has 112 valence electrons. The van der Waals surface area contributed by atoms with Gasteiger partial charge < -0.3 is 14.0 Å². The summed E-state index contributed by atoms with van der Waals surface area (Å²) in [5.74, 6) is 2.49. The maximum absolute atomic E-state index is 5.66. The molecule has 0 N–H and O–H groups in total. The molecule has 0 saturated carbocycles. The van der Waals surface area contributed by atoms with Gasteiger partial charge in [-0.25, -0.2) is 0 Å². The predicted molar refractivity (Wildman–Crippen MR) is 83.6 cm³/mol. The van der Waals surface area contributed by atoms with Crippen molar-refractivity contribution >= 4 is 11.8 Å². The smallest absolute Gasteiger partial charge is 0.191 e. The van der Waals surface area contributed by atoms with Crippen LogP contribution >= 0.6 is 11.8 Å². The fraction of sp³-hybridized carbons (Fsp3) is 0.333. The van der Waals surface area contributed by atoms with E-state index in [1.54, 1.807) is 18.9 Å². The lowest BCUT2D eigenvalue weighted by Crippen LogP contribution is -2.06. The molecule has 0 unspecified atom stereocenters. The van der Waals surface area contributed by atoms with Gasteiger partial charge in [-0.05, 0) is 12.1 Å². The van der Waals surface area contributed by atoms with E-state index in [9.17, 15) is 0 Å². The van der Waals surface area contributed by atoms with E-state index in [0.29, 0.717) is 19.8 Å². The molecule has 0 aliphatic rings. The first kappa shape index (κ1) is 15.6. The molecule has 0 spiro atoms. The summed E-state index contributed by atoms with van der Waals surface area (Å²) in [6.45, 7) is 5.50. The lowest BCUT2D eigenvalue weighted by atomic mass is 10.3. The largest absolute Gasteiger partial charge is 0.493 e. The van der Waals surface area contributed by atoms with Gasteiger partial charge in [0.05, 0.1) is 6.61 Å². The predicted octanol–water partition coefficient (Wildman–Crippen LogP) is 2.78. The molecule has 0 fully saturated rings. The van der Waals surface area contributed by atoms with E-state index in [1.165, 1.54) is 0 Å². The van der Waals surface area contributed by atoms with Gasteiger partial charge >= 0.3 is 0 Å². The van der Waals surface area contributed by atoms with Crippen molar-refractivity contribution in [1.29, 1.82) is 0 Å². The van der Waals surface area contributed by atoms with Gasteiger partial charge in [0.2, 0.25) is 0 Å². The standard InChI is InChI=1S/C15H19N3O2S/c1-3-9-18-14(12-19-2)16-17-15(18)21-11-10-20-13-7-5-4-6-8-13/h3-8H,1,9-12H2,2H3. The highest BCUT2D eigenvalue weighted by Gasteiger charge is 2.11. The summed E-state index contributed by atoms with van der Waals surface area (Å²) in [7, 11) is 1.65. The Balaban J connectivity index is 1.86. The number of methoxy groups -OCH3 is 1. The maximum Gasteiger partial charge on any atom is 0.191 e. The molecule has 21 heavy (non-hydrogen) atoms. The van der Waals surface area contributed by atoms with Gasteiger partial charge in [-0.15, -0.1) is 16.8 Å². The van der Waals surface area contributed by atoms with Gasteiger partial charge in [0, 0.05) is 19.4 Å². The normalized spacial score (nSPS) is 10.5. The average molecular weight is 305 g/mol. The molecule has 0 bridgehead atoms. The van der Waals surface area contributed by atoms with Gasteiger partial charge in [-0.3, -0.25) is 0 Å². The third kappa shape index (κ3) is 4.61. The third-order valence-corrected chi connectivity index (χ3v) is 3.64. The zero-order valence-corrected chi connectivity index (χ0v) is 12.9. The number of benzene rings is 1. The minimum absolute atomic E-state index is 0.446. The van der Waals surface area contributed by atoms with Crippen molar-refractivity contribution in [2.75, 3.05) is 19.5 Å². The first-order valence-electron chi connectivity index (χ1n) is 6.67. The molecule has 1 heterocycles. The quantitative estimate of drug-likeness (QED) is 0.405. The molecular formula is C15H19N3O2S. The molecule has 1 aromatic heterocycles. The number of para-hydroxylation sites is 1. The van der Waals surface area contributed by atoms with Crippen LogP contribution in [0.3, 0.4) is 0 Å². The number of allylic oxidation sites excluding steroid dienone is 1. The third-order valence-electron chi connectivity index (χ3n) is 2.70. The second-order valence-corrected chi connectivity index (χ2v) is 5.30. The highest BCUT2D eigenvalue weighted by molar-refractivity contribution is 7.99. The van der Waals surface area contributed by atoms with Gasteiger partial charge in [0.1, 0.15) is 12.4 Å². The van der Waals surface area contributed by atoms with Crippen LogP contribution in [-0.2, 0) is 17.9 Å². The van der Waals surface area contributed by atoms with Crippen molar-refractivity contribution in [3.05, 3.63) is 48.8 Å². The molecule has 2 rings (SSSR count). The Morgan fingerprint density at radius 1 is 1.29 bits per heavy atom. The lowest BCUT2D eigenvalue weighted by molar-refractivity contribution is 0.174. The molecule has 0 atom stereocenters. The fourth-order valence-electron chi connectivity index (χ4n) is 1.78. The molecular weight excluding hydrogens is 286 g/mol. The van der Waals surface area contributed by atoms with Crippen LogP contribution in [0.1, 0.15) is 5.82 Å². The van der Waals surface area contributed by atoms with Gasteiger partial charge in [-0.2, -0.15) is 0 Å². The molecule has 0 amide bonds. The Kier molecular flexibility index (Phi) is 6.30. The van der Waals surface area contributed by atoms with Crippen molar-refractivity contribution in [2.24, 2.45) is 0 Å². The van der Waals surface area contributed by atoms with E-state index >= 15 is 0 Å². The van der Waals surface area contributed by atoms with Crippen molar-refractivity contribution in [3.8, 4) is 5.75 Å². The number of hydrogen-bond acceptors (Lipinski definition) is 5. The van der Waals surface area contributed by atoms with Gasteiger partial charge in [0.15, 0.2) is 11.0 Å². The average Bonchev–Trinajstić information content (AvgIpc) is 2.88. The first-order chi connectivity index (χ1) is 10.3. The van der Waals surface area contributed by atoms with E-state index in [2.05, 4.69) is 16.8 Å². The van der Waals surface area contributed by atoms with Gasteiger partial charge in [0.25, 0.3) is 0 Å². The summed E-state index contributed by atoms with van der Waals surface area (Å²) in [5.41, 5.74) is 0. The van der Waals surface area contributed by atoms with Crippen LogP contribution in [0, 0.1) is 0 Å². The van der Waals surface area contributed by atoms with Crippen molar-refractivity contribution in [1.82, 2.24) is 14.8 Å². The van der Waals surface area contributed by atoms with Crippen molar-refractivity contribution in [3.63, 3.8) is 0 Å². The first-order valence-corrected chi connectivity index (χ1v) is 7.66. The monoisotopic (exact) mass is 305 g/mol. The van der Waals surface area contributed by atoms with E-state index in [4.69, 9.17) is 9.47 Å². The molecule has 5 nitrogen and oxygen atoms in total. The van der Waals surface area contributed by atoms with E-state index in [1.807, 2.05) is 41.0 Å². The number of ether oxygens (including phenoxy) is 2. The Hall–Kier alpha value is -1.79. The summed E-state index contributed by atoms with van der Waals surface area (Å²) in [6, 6.07) is 9.78. The van der Waals surface area contributed by atoms with Crippen LogP contribution in [0.25, 0.3) is 0 Å². The van der Waals surface area contributed by atoms with E-state index < -0.39 is 0 Å². The number of thioether (sulfide) groups is 1. The molecule has 0 radical (unpaired) electrons. The second-order valence-electron chi connectivity index (χ2n) is 4.24. The SMILES string of the molecule is C=CCn1c(COC)nnc1SCCOc1ccccc1. The molecule has 0 saturated heterocycles. The number of aromatic nitrogens is 3. The van der Waals surface area contributed by atoms with E-state index in [0.717, 1.165) is 22.5 Å². The van der Waals surface area contributed by atoms with Crippen molar-refractivity contribution in [2.45, 2.75) is 18.3 Å². The van der Waals surface area contributed by atoms with Crippen LogP contribution in [0.5, 0.6) is 5.75 Å². The summed E-state index contributed by atoms with van der Waals surface area (Å²) in [6.07, 6.45) is 1.83. The maximum atomic E-state index is 5.66. The molecule has 6 heteroatoms. The topological polar surface area (TPSA) is 49.2 Å². The number of hydrogen-bond donors (Lipinski definition) is 0. The van der Waals surface area contributed by atoms with Crippen LogP contribution in [-0.4, -0.2) is 34.2 Å². The molecule has 0 aliphatic carbocycles. The lowest BCUT2D eigenvalue weighted by Gasteiger charge is -2.08. The summed E-state index contributed by atoms with van der Waals surface area (Å²) in [4.78, 5) is 0. The highest BCUT2D eigenvalue weighted by atomic mass is 32.2. The van der Waals surface area contributed by atoms with E-state index in [-0.39, 0.29) is 0 Å². The minimum atomic E-state index is 0.446. The Morgan fingerprint density at radius 2 is 2.10 bits per heavy atom. The Bertz CT molecular complexity index is 557. The van der Waals surface area contributed by atoms with Gasteiger partial charge in [-0.1, -0.05) is 36.0 Å². The summed E-state index contributed by atoms with van der Waals surface area (Å²) >= 11 is 1.61. The Morgan fingerprint density at radius 3 is 2.81 bits per heavy atom. The summed E-state index contributed by atoms with van der Waals surface area (Å²) in [5, 5.41) is 9.19. The Labute approximate surface area is 129 Å². The zero-order valence-electron chi connectivity index (χ0n) is 12.1. The summed E-state index contributed by atoms with van der Waals surface area (Å²) < 4.78 is 12.8. The highest BCUT2D eigenvalue weighted by Crippen LogP contribution is 2.18. The second kappa shape index (κ2) is 8.49. The number of nitrogens with zero attached hydrogens (tertiary/aromatic N) is 3. The van der Waals surface area contributed by atoms with Crippen LogP contribution < -0.4 is 4.74 Å². The number of rotatable bonds is 9. The fourth-order valence-corrected chi connectivity index (χ4v) is 2.57. The molecule has 0 aliphatic heterocycles. The molecule has 2 aromatic rings. The van der Waals surface area contributed by atoms with Crippen molar-refractivity contribution < 1.29 is 9.47 Å². The minimum Gasteiger partial charge on any atom is -0.493 e. The molecule has 1 aromatic carbocycles. The van der Waals surface area contributed by atoms with Crippen LogP contribution in [0.15, 0.2) is 48.1 Å². The van der Waals surface area contributed by atoms with Crippen LogP contribution in [0.2, 0.25) is 0 Å².